The summed E-state index contributed by atoms with van der Waals surface area (Å²) in [4.78, 5) is 14.3. The molecule has 4 rings (SSSR count). The van der Waals surface area contributed by atoms with Crippen LogP contribution < -0.4 is 4.90 Å². The van der Waals surface area contributed by atoms with E-state index in [-0.39, 0.29) is 0 Å². The minimum absolute atomic E-state index is 0.801. The smallest absolute Gasteiger partial charge is 0.185 e. The molecule has 6 heteroatoms. The fraction of sp³-hybridized carbons (Fsp3) is 0.400. The second kappa shape index (κ2) is 7.51. The van der Waals surface area contributed by atoms with Crippen molar-refractivity contribution in [3.05, 3.63) is 51.6 Å². The summed E-state index contributed by atoms with van der Waals surface area (Å²) in [6.45, 7) is 9.06. The van der Waals surface area contributed by atoms with Crippen molar-refractivity contribution in [1.29, 1.82) is 0 Å². The van der Waals surface area contributed by atoms with Gasteiger partial charge in [0.1, 0.15) is 0 Å². The highest BCUT2D eigenvalue weighted by molar-refractivity contribution is 7.13. The van der Waals surface area contributed by atoms with Gasteiger partial charge in [0.2, 0.25) is 0 Å². The van der Waals surface area contributed by atoms with Crippen molar-refractivity contribution in [3.8, 4) is 0 Å². The Balaban J connectivity index is 1.51. The summed E-state index contributed by atoms with van der Waals surface area (Å²) in [6.07, 6.45) is 1.13. The molecule has 0 spiro atoms. The van der Waals surface area contributed by atoms with Crippen LogP contribution in [0.1, 0.15) is 23.4 Å². The standard InChI is InChI=1S/C20H23ClN4S/c1-14-13-26-20(22-14)25-9-5-8-24(10-11-25)12-18-19(21)15(2)16-6-3-4-7-17(16)23-18/h3-4,6-7,13H,5,8-12H2,1-2H3. The Kier molecular flexibility index (Phi) is 5.11. The largest absolute Gasteiger partial charge is 0.347 e. The number of fused-ring (bicyclic) bond motifs is 1. The summed E-state index contributed by atoms with van der Waals surface area (Å²) < 4.78 is 0. The topological polar surface area (TPSA) is 32.3 Å². The number of pyridine rings is 1. The average Bonchev–Trinajstić information content (AvgIpc) is 2.94. The third-order valence-corrected chi connectivity index (χ3v) is 6.51. The minimum atomic E-state index is 0.801. The van der Waals surface area contributed by atoms with E-state index in [4.69, 9.17) is 16.6 Å². The van der Waals surface area contributed by atoms with Crippen LogP contribution in [0.3, 0.4) is 0 Å². The van der Waals surface area contributed by atoms with Gasteiger partial charge in [-0.2, -0.15) is 0 Å². The van der Waals surface area contributed by atoms with Gasteiger partial charge in [-0.15, -0.1) is 11.3 Å². The van der Waals surface area contributed by atoms with Crippen LogP contribution in [0, 0.1) is 13.8 Å². The second-order valence-electron chi connectivity index (χ2n) is 6.90. The molecule has 1 aliphatic rings. The van der Waals surface area contributed by atoms with Gasteiger partial charge in [-0.25, -0.2) is 9.97 Å². The van der Waals surface area contributed by atoms with Crippen molar-refractivity contribution in [2.75, 3.05) is 31.1 Å². The third-order valence-electron chi connectivity index (χ3n) is 4.99. The lowest BCUT2D eigenvalue weighted by molar-refractivity contribution is 0.282. The van der Waals surface area contributed by atoms with Gasteiger partial charge >= 0.3 is 0 Å². The van der Waals surface area contributed by atoms with Crippen molar-refractivity contribution >= 4 is 39.0 Å². The zero-order valence-electron chi connectivity index (χ0n) is 15.2. The number of hydrogen-bond acceptors (Lipinski definition) is 5. The molecule has 136 valence electrons. The maximum absolute atomic E-state index is 6.65. The van der Waals surface area contributed by atoms with Gasteiger partial charge in [0.15, 0.2) is 5.13 Å². The lowest BCUT2D eigenvalue weighted by Crippen LogP contribution is -2.30. The van der Waals surface area contributed by atoms with Crippen LogP contribution in [0.15, 0.2) is 29.6 Å². The van der Waals surface area contributed by atoms with Crippen LogP contribution in [0.2, 0.25) is 5.02 Å². The first kappa shape index (κ1) is 17.7. The molecule has 0 atom stereocenters. The number of thiazole rings is 1. The normalized spacial score (nSPS) is 16.2. The molecule has 3 aromatic rings. The fourth-order valence-electron chi connectivity index (χ4n) is 3.54. The van der Waals surface area contributed by atoms with E-state index < -0.39 is 0 Å². The summed E-state index contributed by atoms with van der Waals surface area (Å²) in [6, 6.07) is 8.23. The lowest BCUT2D eigenvalue weighted by Gasteiger charge is -2.22. The molecular formula is C20H23ClN4S. The van der Waals surface area contributed by atoms with Crippen LogP contribution in [-0.2, 0) is 6.54 Å². The van der Waals surface area contributed by atoms with Gasteiger partial charge in [-0.1, -0.05) is 29.8 Å². The predicted molar refractivity (Wildman–Crippen MR) is 110 cm³/mol. The van der Waals surface area contributed by atoms with E-state index in [0.29, 0.717) is 0 Å². The van der Waals surface area contributed by atoms with E-state index in [2.05, 4.69) is 46.1 Å². The highest BCUT2D eigenvalue weighted by Gasteiger charge is 2.19. The summed E-state index contributed by atoms with van der Waals surface area (Å²) >= 11 is 8.39. The quantitative estimate of drug-likeness (QED) is 0.654. The molecule has 1 fully saturated rings. The Labute approximate surface area is 163 Å². The molecule has 1 aromatic carbocycles. The predicted octanol–water partition coefficient (Wildman–Crippen LogP) is 4.67. The highest BCUT2D eigenvalue weighted by Crippen LogP contribution is 2.28. The highest BCUT2D eigenvalue weighted by atomic mass is 35.5. The SMILES string of the molecule is Cc1csc(N2CCCN(Cc3nc4ccccc4c(C)c3Cl)CC2)n1. The van der Waals surface area contributed by atoms with Gasteiger partial charge in [0, 0.05) is 43.5 Å². The van der Waals surface area contributed by atoms with Crippen LogP contribution >= 0.6 is 22.9 Å². The molecule has 0 unspecified atom stereocenters. The molecule has 0 aliphatic carbocycles. The Bertz CT molecular complexity index is 923. The molecule has 1 aliphatic heterocycles. The number of para-hydroxylation sites is 1. The second-order valence-corrected chi connectivity index (χ2v) is 8.12. The summed E-state index contributed by atoms with van der Waals surface area (Å²) in [7, 11) is 0. The number of halogens is 1. The minimum Gasteiger partial charge on any atom is -0.347 e. The van der Waals surface area contributed by atoms with Crippen LogP contribution in [0.5, 0.6) is 0 Å². The first-order valence-corrected chi connectivity index (χ1v) is 10.3. The van der Waals surface area contributed by atoms with Gasteiger partial charge in [0.25, 0.3) is 0 Å². The van der Waals surface area contributed by atoms with Crippen LogP contribution in [0.4, 0.5) is 5.13 Å². The van der Waals surface area contributed by atoms with Crippen molar-refractivity contribution in [1.82, 2.24) is 14.9 Å². The van der Waals surface area contributed by atoms with Crippen molar-refractivity contribution in [2.45, 2.75) is 26.8 Å². The Morgan fingerprint density at radius 1 is 1.08 bits per heavy atom. The monoisotopic (exact) mass is 386 g/mol. The molecule has 0 radical (unpaired) electrons. The number of nitrogens with zero attached hydrogens (tertiary/aromatic N) is 4. The maximum Gasteiger partial charge on any atom is 0.185 e. The van der Waals surface area contributed by atoms with E-state index in [0.717, 1.165) is 77.2 Å². The number of benzene rings is 1. The maximum atomic E-state index is 6.65. The zero-order chi connectivity index (χ0) is 18.1. The molecule has 3 heterocycles. The molecule has 2 aromatic heterocycles. The number of rotatable bonds is 3. The molecule has 0 bridgehead atoms. The van der Waals surface area contributed by atoms with Gasteiger partial charge in [0.05, 0.1) is 21.9 Å². The average molecular weight is 387 g/mol. The van der Waals surface area contributed by atoms with E-state index in [1.54, 1.807) is 11.3 Å². The number of hydrogen-bond donors (Lipinski definition) is 0. The number of anilines is 1. The molecule has 1 saturated heterocycles. The molecular weight excluding hydrogens is 364 g/mol. The molecule has 0 amide bonds. The molecule has 0 N–H and O–H groups in total. The number of aromatic nitrogens is 2. The van der Waals surface area contributed by atoms with Gasteiger partial charge < -0.3 is 4.90 Å². The van der Waals surface area contributed by atoms with E-state index >= 15 is 0 Å². The van der Waals surface area contributed by atoms with Crippen LogP contribution in [-0.4, -0.2) is 41.0 Å². The third kappa shape index (κ3) is 3.56. The van der Waals surface area contributed by atoms with Crippen LogP contribution in [0.25, 0.3) is 10.9 Å². The first-order valence-electron chi connectivity index (χ1n) is 9.05. The Morgan fingerprint density at radius 2 is 1.92 bits per heavy atom. The van der Waals surface area contributed by atoms with E-state index in [1.807, 2.05) is 12.1 Å². The lowest BCUT2D eigenvalue weighted by atomic mass is 10.1. The molecule has 26 heavy (non-hydrogen) atoms. The Hall–Kier alpha value is -1.69. The van der Waals surface area contributed by atoms with E-state index in [9.17, 15) is 0 Å². The molecule has 0 saturated carbocycles. The van der Waals surface area contributed by atoms with Crippen molar-refractivity contribution < 1.29 is 0 Å². The first-order chi connectivity index (χ1) is 12.6. The summed E-state index contributed by atoms with van der Waals surface area (Å²) in [5.41, 5.74) is 4.25. The summed E-state index contributed by atoms with van der Waals surface area (Å²) in [5.74, 6) is 0. The Morgan fingerprint density at radius 3 is 2.73 bits per heavy atom. The fourth-order valence-corrected chi connectivity index (χ4v) is 4.60. The summed E-state index contributed by atoms with van der Waals surface area (Å²) in [5, 5.41) is 5.21. The van der Waals surface area contributed by atoms with Gasteiger partial charge in [-0.05, 0) is 31.9 Å². The van der Waals surface area contributed by atoms with Crippen molar-refractivity contribution in [3.63, 3.8) is 0 Å². The van der Waals surface area contributed by atoms with E-state index in [1.165, 1.54) is 0 Å². The van der Waals surface area contributed by atoms with Gasteiger partial charge in [-0.3, -0.25) is 4.90 Å². The molecule has 4 nitrogen and oxygen atoms in total. The number of aryl methyl sites for hydroxylation is 2. The zero-order valence-corrected chi connectivity index (χ0v) is 16.8. The van der Waals surface area contributed by atoms with Crippen molar-refractivity contribution in [2.24, 2.45) is 0 Å².